The summed E-state index contributed by atoms with van der Waals surface area (Å²) >= 11 is 0. The second-order valence-corrected chi connectivity index (χ2v) is 7.39. The minimum Gasteiger partial charge on any atom is -0.454 e. The number of aldehydes is 1. The predicted molar refractivity (Wildman–Crippen MR) is 112 cm³/mol. The van der Waals surface area contributed by atoms with Crippen molar-refractivity contribution < 1.29 is 19.1 Å². The Hall–Kier alpha value is -2.86. The third-order valence-electron chi connectivity index (χ3n) is 5.28. The molecule has 6 heteroatoms. The lowest BCUT2D eigenvalue weighted by Crippen LogP contribution is -2.32. The second-order valence-electron chi connectivity index (χ2n) is 7.39. The van der Waals surface area contributed by atoms with Gasteiger partial charge >= 0.3 is 0 Å². The van der Waals surface area contributed by atoms with Crippen LogP contribution in [0.3, 0.4) is 0 Å². The summed E-state index contributed by atoms with van der Waals surface area (Å²) in [5, 5.41) is 2.90. The Labute approximate surface area is 171 Å². The Morgan fingerprint density at radius 2 is 1.97 bits per heavy atom. The van der Waals surface area contributed by atoms with Crippen LogP contribution in [-0.2, 0) is 6.42 Å². The number of hydrogen-bond acceptors (Lipinski definition) is 5. The average molecular weight is 396 g/mol. The van der Waals surface area contributed by atoms with Crippen molar-refractivity contribution >= 4 is 12.2 Å². The zero-order valence-electron chi connectivity index (χ0n) is 17.0. The van der Waals surface area contributed by atoms with E-state index in [-0.39, 0.29) is 5.91 Å². The Bertz CT molecular complexity index is 853. The first kappa shape index (κ1) is 20.9. The summed E-state index contributed by atoms with van der Waals surface area (Å²) in [7, 11) is 2.12. The molecule has 1 N–H and O–H groups in total. The SMILES string of the molecule is CC(Cc1ccc2c(c1)OCO2)N(C)CCCCNC(=O)c1ccccc1C=O. The predicted octanol–water partition coefficient (Wildman–Crippen LogP) is 3.30. The molecular weight excluding hydrogens is 368 g/mol. The number of unbranched alkanes of at least 4 members (excludes halogenated alkanes) is 1. The fourth-order valence-corrected chi connectivity index (χ4v) is 3.38. The molecule has 0 spiro atoms. The van der Waals surface area contributed by atoms with Crippen LogP contribution in [0.1, 0.15) is 46.0 Å². The summed E-state index contributed by atoms with van der Waals surface area (Å²) in [6, 6.07) is 13.3. The van der Waals surface area contributed by atoms with Crippen molar-refractivity contribution in [2.45, 2.75) is 32.2 Å². The molecule has 0 radical (unpaired) electrons. The zero-order chi connectivity index (χ0) is 20.6. The van der Waals surface area contributed by atoms with Gasteiger partial charge < -0.3 is 19.7 Å². The minimum atomic E-state index is -0.197. The highest BCUT2D eigenvalue weighted by Crippen LogP contribution is 2.32. The number of likely N-dealkylation sites (N-methyl/N-ethyl adjacent to an activating group) is 1. The molecule has 0 aliphatic carbocycles. The Kier molecular flexibility index (Phi) is 7.25. The molecule has 2 aromatic rings. The van der Waals surface area contributed by atoms with Crippen LogP contribution < -0.4 is 14.8 Å². The number of fused-ring (bicyclic) bond motifs is 1. The maximum Gasteiger partial charge on any atom is 0.252 e. The van der Waals surface area contributed by atoms with Gasteiger partial charge in [0.15, 0.2) is 17.8 Å². The van der Waals surface area contributed by atoms with Crippen LogP contribution >= 0.6 is 0 Å². The highest BCUT2D eigenvalue weighted by molar-refractivity contribution is 6.01. The van der Waals surface area contributed by atoms with Crippen LogP contribution in [0.2, 0.25) is 0 Å². The number of carbonyl (C=O) groups is 2. The maximum atomic E-state index is 12.2. The van der Waals surface area contributed by atoms with Crippen molar-refractivity contribution in [3.05, 3.63) is 59.2 Å². The lowest BCUT2D eigenvalue weighted by molar-refractivity contribution is 0.0947. The quantitative estimate of drug-likeness (QED) is 0.493. The fraction of sp³-hybridized carbons (Fsp3) is 0.391. The molecular formula is C23H28N2O4. The van der Waals surface area contributed by atoms with Crippen LogP contribution in [-0.4, -0.2) is 50.1 Å². The van der Waals surface area contributed by atoms with Crippen molar-refractivity contribution in [1.29, 1.82) is 0 Å². The summed E-state index contributed by atoms with van der Waals surface area (Å²) in [6.07, 6.45) is 3.52. The number of hydrogen-bond donors (Lipinski definition) is 1. The van der Waals surface area contributed by atoms with Crippen molar-refractivity contribution in [3.63, 3.8) is 0 Å². The van der Waals surface area contributed by atoms with E-state index in [9.17, 15) is 9.59 Å². The van der Waals surface area contributed by atoms with Gasteiger partial charge in [-0.3, -0.25) is 9.59 Å². The standard InChI is InChI=1S/C23H28N2O4/c1-17(13-18-9-10-21-22(14-18)29-16-28-21)25(2)12-6-5-11-24-23(27)20-8-4-3-7-19(20)15-26/h3-4,7-10,14-15,17H,5-6,11-13,16H2,1-2H3,(H,24,27). The van der Waals surface area contributed by atoms with Gasteiger partial charge in [0.2, 0.25) is 6.79 Å². The van der Waals surface area contributed by atoms with E-state index >= 15 is 0 Å². The van der Waals surface area contributed by atoms with Gasteiger partial charge in [0, 0.05) is 23.7 Å². The summed E-state index contributed by atoms with van der Waals surface area (Å²) < 4.78 is 10.8. The molecule has 2 aromatic carbocycles. The lowest BCUT2D eigenvalue weighted by atomic mass is 10.1. The van der Waals surface area contributed by atoms with Crippen molar-refractivity contribution in [1.82, 2.24) is 10.2 Å². The van der Waals surface area contributed by atoms with E-state index < -0.39 is 0 Å². The topological polar surface area (TPSA) is 67.9 Å². The molecule has 1 amide bonds. The Morgan fingerprint density at radius 1 is 1.17 bits per heavy atom. The number of nitrogens with one attached hydrogen (secondary N) is 1. The van der Waals surface area contributed by atoms with E-state index in [1.165, 1.54) is 5.56 Å². The van der Waals surface area contributed by atoms with Crippen molar-refractivity contribution in [2.75, 3.05) is 26.9 Å². The van der Waals surface area contributed by atoms with Crippen LogP contribution in [0.4, 0.5) is 0 Å². The average Bonchev–Trinajstić information content (AvgIpc) is 3.21. The van der Waals surface area contributed by atoms with Gasteiger partial charge in [0.05, 0.1) is 0 Å². The lowest BCUT2D eigenvalue weighted by Gasteiger charge is -2.25. The van der Waals surface area contributed by atoms with Gasteiger partial charge in [0.1, 0.15) is 0 Å². The molecule has 1 aliphatic heterocycles. The van der Waals surface area contributed by atoms with E-state index in [0.29, 0.717) is 36.8 Å². The summed E-state index contributed by atoms with van der Waals surface area (Å²) in [4.78, 5) is 25.6. The molecule has 6 nitrogen and oxygen atoms in total. The number of nitrogens with zero attached hydrogens (tertiary/aromatic N) is 1. The molecule has 1 aliphatic rings. The van der Waals surface area contributed by atoms with E-state index in [0.717, 1.165) is 37.3 Å². The molecule has 3 rings (SSSR count). The number of carbonyl (C=O) groups excluding carboxylic acids is 2. The summed E-state index contributed by atoms with van der Waals surface area (Å²) in [5.74, 6) is 1.44. The van der Waals surface area contributed by atoms with E-state index in [4.69, 9.17) is 9.47 Å². The molecule has 0 fully saturated rings. The molecule has 1 atom stereocenters. The molecule has 154 valence electrons. The van der Waals surface area contributed by atoms with Gasteiger partial charge in [0.25, 0.3) is 5.91 Å². The normalized spacial score (nSPS) is 13.3. The molecule has 0 bridgehead atoms. The fourth-order valence-electron chi connectivity index (χ4n) is 3.38. The number of rotatable bonds is 10. The Balaban J connectivity index is 1.36. The van der Waals surface area contributed by atoms with E-state index in [1.807, 2.05) is 6.07 Å². The summed E-state index contributed by atoms with van der Waals surface area (Å²) in [5.41, 5.74) is 2.08. The zero-order valence-corrected chi connectivity index (χ0v) is 17.0. The van der Waals surface area contributed by atoms with Gasteiger partial charge in [-0.05, 0) is 63.5 Å². The largest absolute Gasteiger partial charge is 0.454 e. The molecule has 0 saturated heterocycles. The molecule has 0 saturated carbocycles. The highest BCUT2D eigenvalue weighted by atomic mass is 16.7. The molecule has 1 heterocycles. The van der Waals surface area contributed by atoms with Crippen LogP contribution in [0.5, 0.6) is 11.5 Å². The monoisotopic (exact) mass is 396 g/mol. The minimum absolute atomic E-state index is 0.197. The first-order valence-corrected chi connectivity index (χ1v) is 9.99. The van der Waals surface area contributed by atoms with Crippen LogP contribution in [0, 0.1) is 0 Å². The van der Waals surface area contributed by atoms with Gasteiger partial charge in [-0.1, -0.05) is 24.3 Å². The first-order chi connectivity index (χ1) is 14.1. The van der Waals surface area contributed by atoms with Crippen molar-refractivity contribution in [3.8, 4) is 11.5 Å². The maximum absolute atomic E-state index is 12.2. The van der Waals surface area contributed by atoms with Crippen LogP contribution in [0.25, 0.3) is 0 Å². The second kappa shape index (κ2) is 10.1. The molecule has 29 heavy (non-hydrogen) atoms. The number of benzene rings is 2. The van der Waals surface area contributed by atoms with Gasteiger partial charge in [-0.25, -0.2) is 0 Å². The summed E-state index contributed by atoms with van der Waals surface area (Å²) in [6.45, 7) is 4.05. The van der Waals surface area contributed by atoms with Gasteiger partial charge in [-0.15, -0.1) is 0 Å². The van der Waals surface area contributed by atoms with Crippen molar-refractivity contribution in [2.24, 2.45) is 0 Å². The third-order valence-corrected chi connectivity index (χ3v) is 5.28. The molecule has 0 aromatic heterocycles. The van der Waals surface area contributed by atoms with Gasteiger partial charge in [-0.2, -0.15) is 0 Å². The smallest absolute Gasteiger partial charge is 0.252 e. The molecule has 1 unspecified atom stereocenters. The Morgan fingerprint density at radius 3 is 2.79 bits per heavy atom. The van der Waals surface area contributed by atoms with E-state index in [2.05, 4.69) is 36.3 Å². The third kappa shape index (κ3) is 5.57. The van der Waals surface area contributed by atoms with Crippen LogP contribution in [0.15, 0.2) is 42.5 Å². The number of ether oxygens (including phenoxy) is 2. The number of amides is 1. The van der Waals surface area contributed by atoms with E-state index in [1.54, 1.807) is 24.3 Å². The highest BCUT2D eigenvalue weighted by Gasteiger charge is 2.16. The first-order valence-electron chi connectivity index (χ1n) is 9.99.